The van der Waals surface area contributed by atoms with E-state index in [4.69, 9.17) is 4.42 Å². The Kier molecular flexibility index (Phi) is 4.74. The molecule has 0 saturated heterocycles. The first kappa shape index (κ1) is 20.7. The van der Waals surface area contributed by atoms with Crippen molar-refractivity contribution in [2.45, 2.75) is 56.5 Å². The molecule has 6 rings (SSSR count). The number of anilines is 1. The van der Waals surface area contributed by atoms with Gasteiger partial charge in [0.05, 0.1) is 35.6 Å². The molecular weight excluding hydrogens is 440 g/mol. The third-order valence-corrected chi connectivity index (χ3v) is 8.87. The van der Waals surface area contributed by atoms with Crippen LogP contribution >= 0.6 is 0 Å². The average Bonchev–Trinajstić information content (AvgIpc) is 3.58. The zero-order valence-electron chi connectivity index (χ0n) is 18.6. The summed E-state index contributed by atoms with van der Waals surface area (Å²) in [6.45, 7) is 0.960. The van der Waals surface area contributed by atoms with E-state index in [1.165, 1.54) is 15.6 Å². The molecular formula is C24H26N4O4S. The normalized spacial score (nSPS) is 17.2. The second-order valence-electron chi connectivity index (χ2n) is 9.09. The van der Waals surface area contributed by atoms with Crippen LogP contribution in [-0.4, -0.2) is 35.0 Å². The van der Waals surface area contributed by atoms with Gasteiger partial charge in [0.1, 0.15) is 5.76 Å². The third kappa shape index (κ3) is 3.33. The van der Waals surface area contributed by atoms with E-state index < -0.39 is 10.0 Å². The fourth-order valence-corrected chi connectivity index (χ4v) is 6.99. The molecule has 0 unspecified atom stereocenters. The number of rotatable bonds is 6. The van der Waals surface area contributed by atoms with Gasteiger partial charge in [-0.3, -0.25) is 9.48 Å². The van der Waals surface area contributed by atoms with Gasteiger partial charge in [-0.05, 0) is 73.1 Å². The van der Waals surface area contributed by atoms with Crippen LogP contribution in [0.3, 0.4) is 0 Å². The molecule has 9 heteroatoms. The van der Waals surface area contributed by atoms with E-state index in [2.05, 4.69) is 5.10 Å². The first-order valence-electron chi connectivity index (χ1n) is 11.4. The van der Waals surface area contributed by atoms with Gasteiger partial charge in [-0.2, -0.15) is 9.40 Å². The lowest BCUT2D eigenvalue weighted by Gasteiger charge is -2.27. The molecule has 3 aromatic rings. The molecule has 0 atom stereocenters. The maximum absolute atomic E-state index is 14.0. The van der Waals surface area contributed by atoms with E-state index in [9.17, 15) is 13.2 Å². The van der Waals surface area contributed by atoms with Gasteiger partial charge in [-0.1, -0.05) is 0 Å². The molecule has 0 spiro atoms. The van der Waals surface area contributed by atoms with Gasteiger partial charge in [-0.25, -0.2) is 8.42 Å². The maximum Gasteiger partial charge on any atom is 0.243 e. The monoisotopic (exact) mass is 466 g/mol. The summed E-state index contributed by atoms with van der Waals surface area (Å²) in [4.78, 5) is 14.4. The molecule has 3 aliphatic rings. The maximum atomic E-state index is 14.0. The minimum absolute atomic E-state index is 0.125. The van der Waals surface area contributed by atoms with Gasteiger partial charge >= 0.3 is 0 Å². The highest BCUT2D eigenvalue weighted by Crippen LogP contribution is 2.39. The summed E-state index contributed by atoms with van der Waals surface area (Å²) >= 11 is 0. The van der Waals surface area contributed by atoms with Crippen molar-refractivity contribution in [3.63, 3.8) is 0 Å². The van der Waals surface area contributed by atoms with Crippen molar-refractivity contribution in [2.24, 2.45) is 7.05 Å². The van der Waals surface area contributed by atoms with Crippen LogP contribution in [0.4, 0.5) is 5.69 Å². The van der Waals surface area contributed by atoms with E-state index in [0.717, 1.165) is 41.8 Å². The van der Waals surface area contributed by atoms with Crippen molar-refractivity contribution < 1.29 is 17.6 Å². The third-order valence-electron chi connectivity index (χ3n) is 7.10. The molecule has 2 aromatic heterocycles. The van der Waals surface area contributed by atoms with Crippen LogP contribution in [-0.2, 0) is 60.6 Å². The second-order valence-corrected chi connectivity index (χ2v) is 11.0. The number of fused-ring (bicyclic) bond motifs is 1. The molecule has 172 valence electrons. The van der Waals surface area contributed by atoms with E-state index >= 15 is 0 Å². The number of hydrogen-bond acceptors (Lipinski definition) is 5. The van der Waals surface area contributed by atoms with Crippen LogP contribution < -0.4 is 4.90 Å². The molecule has 0 fully saturated rings. The number of carbonyl (C=O) groups is 1. The number of aryl methyl sites for hydroxylation is 2. The summed E-state index contributed by atoms with van der Waals surface area (Å²) in [5.41, 5.74) is 6.00. The fraction of sp³-hybridized carbons (Fsp3) is 0.417. The number of aromatic nitrogens is 2. The summed E-state index contributed by atoms with van der Waals surface area (Å²) in [5, 5.41) is 4.66. The number of benzene rings is 1. The van der Waals surface area contributed by atoms with Crippen molar-refractivity contribution in [1.29, 1.82) is 0 Å². The molecule has 1 amide bonds. The van der Waals surface area contributed by atoms with Crippen molar-refractivity contribution in [1.82, 2.24) is 14.1 Å². The molecule has 2 aliphatic heterocycles. The summed E-state index contributed by atoms with van der Waals surface area (Å²) in [6, 6.07) is 7.08. The largest absolute Gasteiger partial charge is 0.468 e. The van der Waals surface area contributed by atoms with Crippen LogP contribution in [0.25, 0.3) is 0 Å². The van der Waals surface area contributed by atoms with E-state index in [-0.39, 0.29) is 23.9 Å². The lowest BCUT2D eigenvalue weighted by molar-refractivity contribution is -0.118. The molecule has 8 nitrogen and oxygen atoms in total. The Labute approximate surface area is 192 Å². The van der Waals surface area contributed by atoms with Gasteiger partial charge in [0.25, 0.3) is 0 Å². The van der Waals surface area contributed by atoms with Crippen LogP contribution in [0.15, 0.2) is 39.8 Å². The molecule has 33 heavy (non-hydrogen) atoms. The van der Waals surface area contributed by atoms with Gasteiger partial charge in [-0.15, -0.1) is 0 Å². The average molecular weight is 467 g/mol. The Hall–Kier alpha value is -2.91. The van der Waals surface area contributed by atoms with Gasteiger partial charge < -0.3 is 9.32 Å². The van der Waals surface area contributed by atoms with Crippen LogP contribution in [0.2, 0.25) is 0 Å². The van der Waals surface area contributed by atoms with Crippen LogP contribution in [0.1, 0.15) is 46.7 Å². The highest BCUT2D eigenvalue weighted by molar-refractivity contribution is 7.89. The zero-order valence-corrected chi connectivity index (χ0v) is 19.4. The number of carbonyl (C=O) groups excluding carboxylic acids is 1. The Bertz CT molecular complexity index is 1360. The molecule has 0 radical (unpaired) electrons. The number of hydrogen-bond donors (Lipinski definition) is 0. The highest BCUT2D eigenvalue weighted by atomic mass is 32.2. The molecule has 0 saturated carbocycles. The predicted molar refractivity (Wildman–Crippen MR) is 121 cm³/mol. The fourth-order valence-electron chi connectivity index (χ4n) is 5.52. The van der Waals surface area contributed by atoms with Crippen molar-refractivity contribution >= 4 is 21.6 Å². The van der Waals surface area contributed by atoms with E-state index in [0.29, 0.717) is 31.6 Å². The van der Waals surface area contributed by atoms with Crippen molar-refractivity contribution in [2.75, 3.05) is 11.4 Å². The first-order chi connectivity index (χ1) is 15.9. The van der Waals surface area contributed by atoms with Crippen molar-refractivity contribution in [3.05, 3.63) is 64.4 Å². The summed E-state index contributed by atoms with van der Waals surface area (Å²) in [5.74, 6) is 0.714. The van der Waals surface area contributed by atoms with Crippen molar-refractivity contribution in [3.8, 4) is 0 Å². The number of furan rings is 1. The minimum Gasteiger partial charge on any atom is -0.468 e. The van der Waals surface area contributed by atoms with Crippen LogP contribution in [0, 0.1) is 0 Å². The minimum atomic E-state index is -3.82. The van der Waals surface area contributed by atoms with Gasteiger partial charge in [0, 0.05) is 25.7 Å². The first-order valence-corrected chi connectivity index (χ1v) is 12.9. The number of amides is 1. The topological polar surface area (TPSA) is 88.7 Å². The molecule has 4 heterocycles. The SMILES string of the molecule is Cn1nc(CN(Cc2ccco2)S(=O)(=O)c2cc3c4c(c2)CCN4C(=O)CC3)c2c1CCC2. The lowest BCUT2D eigenvalue weighted by atomic mass is 10.00. The van der Waals surface area contributed by atoms with Gasteiger partial charge in [0.2, 0.25) is 15.9 Å². The van der Waals surface area contributed by atoms with Gasteiger partial charge in [0.15, 0.2) is 0 Å². The predicted octanol–water partition coefficient (Wildman–Crippen LogP) is 2.73. The molecule has 1 aliphatic carbocycles. The van der Waals surface area contributed by atoms with Crippen LogP contribution in [0.5, 0.6) is 0 Å². The second kappa shape index (κ2) is 7.56. The Morgan fingerprint density at radius 3 is 2.70 bits per heavy atom. The Morgan fingerprint density at radius 2 is 1.91 bits per heavy atom. The Morgan fingerprint density at radius 1 is 1.09 bits per heavy atom. The summed E-state index contributed by atoms with van der Waals surface area (Å²) < 4.78 is 36.8. The molecule has 0 N–H and O–H groups in total. The standard InChI is InChI=1S/C24H26N4O4S/c1-26-22-6-2-5-20(22)21(25-26)15-27(14-18-4-3-11-32-18)33(30,31)19-12-16-7-8-23(29)28-10-9-17(13-19)24(16)28/h3-4,11-13H,2,5-10,14-15H2,1H3. The number of sulfonamides is 1. The highest BCUT2D eigenvalue weighted by Gasteiger charge is 2.35. The summed E-state index contributed by atoms with van der Waals surface area (Å²) in [6.07, 6.45) is 6.22. The number of nitrogens with zero attached hydrogens (tertiary/aromatic N) is 4. The summed E-state index contributed by atoms with van der Waals surface area (Å²) in [7, 11) is -1.90. The quantitative estimate of drug-likeness (QED) is 0.557. The molecule has 1 aromatic carbocycles. The van der Waals surface area contributed by atoms with E-state index in [1.807, 2.05) is 16.6 Å². The van der Waals surface area contributed by atoms with E-state index in [1.54, 1.807) is 30.5 Å². The zero-order chi connectivity index (χ0) is 22.7. The Balaban J connectivity index is 1.41. The molecule has 0 bridgehead atoms. The smallest absolute Gasteiger partial charge is 0.243 e. The lowest BCUT2D eigenvalue weighted by Crippen LogP contribution is -2.33.